The Morgan fingerprint density at radius 1 is 1.56 bits per heavy atom. The molecule has 18 heavy (non-hydrogen) atoms. The number of carbonyl (C=O) groups is 1. The predicted molar refractivity (Wildman–Crippen MR) is 63.4 cm³/mol. The number of hydrogen-bond acceptors (Lipinski definition) is 9. The molecule has 0 bridgehead atoms. The van der Waals surface area contributed by atoms with Gasteiger partial charge in [0.05, 0.1) is 0 Å². The molecule has 0 fully saturated rings. The lowest BCUT2D eigenvalue weighted by Gasteiger charge is -2.23. The van der Waals surface area contributed by atoms with E-state index in [0.29, 0.717) is 0 Å². The van der Waals surface area contributed by atoms with E-state index in [9.17, 15) is 4.79 Å². The molecule has 1 rings (SSSR count). The molecule has 0 saturated heterocycles. The molecule has 1 aromatic rings. The van der Waals surface area contributed by atoms with Crippen LogP contribution in [0.5, 0.6) is 0 Å². The first-order valence-corrected chi connectivity index (χ1v) is 5.53. The fourth-order valence-electron chi connectivity index (χ4n) is 0.738. The molecular weight excluding hydrogens is 262 g/mol. The van der Waals surface area contributed by atoms with Crippen LogP contribution in [0.1, 0.15) is 19.7 Å². The standard InChI is InChI=1S/C8H13N5O4S/c1-8(2,6(15)16)17-12-3(4(9)14)5-11-7(10)18-13-5/h6,15-16H,1-2H3,(H2,9,14)(H2,10,11,13)/b12-3+. The van der Waals surface area contributed by atoms with Gasteiger partial charge in [0, 0.05) is 11.5 Å². The van der Waals surface area contributed by atoms with Gasteiger partial charge in [0.25, 0.3) is 5.91 Å². The first-order chi connectivity index (χ1) is 8.24. The van der Waals surface area contributed by atoms with Crippen LogP contribution in [0.3, 0.4) is 0 Å². The molecule has 6 N–H and O–H groups in total. The van der Waals surface area contributed by atoms with Crippen LogP contribution in [0.15, 0.2) is 5.16 Å². The molecule has 9 nitrogen and oxygen atoms in total. The number of nitrogen functional groups attached to an aromatic ring is 1. The summed E-state index contributed by atoms with van der Waals surface area (Å²) in [5, 5.41) is 21.6. The van der Waals surface area contributed by atoms with Crippen LogP contribution in [0.25, 0.3) is 0 Å². The van der Waals surface area contributed by atoms with Crippen LogP contribution < -0.4 is 11.5 Å². The number of aliphatic hydroxyl groups is 2. The van der Waals surface area contributed by atoms with E-state index in [1.807, 2.05) is 0 Å². The summed E-state index contributed by atoms with van der Waals surface area (Å²) in [5.41, 5.74) is 8.69. The van der Waals surface area contributed by atoms with Crippen LogP contribution in [0.2, 0.25) is 0 Å². The van der Waals surface area contributed by atoms with Gasteiger partial charge < -0.3 is 26.5 Å². The number of hydrogen-bond donors (Lipinski definition) is 4. The van der Waals surface area contributed by atoms with Crippen molar-refractivity contribution >= 4 is 28.3 Å². The Hall–Kier alpha value is -1.78. The number of nitrogens with zero attached hydrogens (tertiary/aromatic N) is 3. The van der Waals surface area contributed by atoms with E-state index in [1.54, 1.807) is 0 Å². The lowest BCUT2D eigenvalue weighted by molar-refractivity contribution is -0.192. The highest BCUT2D eigenvalue weighted by molar-refractivity contribution is 7.09. The molecule has 0 spiro atoms. The quantitative estimate of drug-likeness (QED) is 0.287. The van der Waals surface area contributed by atoms with E-state index in [-0.39, 0.29) is 16.7 Å². The molecule has 0 radical (unpaired) electrons. The van der Waals surface area contributed by atoms with E-state index in [1.165, 1.54) is 13.8 Å². The summed E-state index contributed by atoms with van der Waals surface area (Å²) in [5.74, 6) is -0.996. The average Bonchev–Trinajstić information content (AvgIpc) is 2.64. The number of carbonyl (C=O) groups excluding carboxylic acids is 1. The van der Waals surface area contributed by atoms with Gasteiger partial charge in [-0.25, -0.2) is 0 Å². The Morgan fingerprint density at radius 2 is 2.17 bits per heavy atom. The predicted octanol–water partition coefficient (Wildman–Crippen LogP) is -1.58. The second-order valence-corrected chi connectivity index (χ2v) is 4.61. The van der Waals surface area contributed by atoms with Crippen LogP contribution in [0, 0.1) is 0 Å². The highest BCUT2D eigenvalue weighted by Gasteiger charge is 2.29. The highest BCUT2D eigenvalue weighted by Crippen LogP contribution is 2.14. The number of anilines is 1. The van der Waals surface area contributed by atoms with Gasteiger partial charge in [-0.1, -0.05) is 5.16 Å². The molecule has 0 aromatic carbocycles. The highest BCUT2D eigenvalue weighted by atomic mass is 32.1. The largest absolute Gasteiger partial charge is 0.384 e. The van der Waals surface area contributed by atoms with Gasteiger partial charge in [0.15, 0.2) is 17.0 Å². The van der Waals surface area contributed by atoms with Crippen LogP contribution >= 0.6 is 11.5 Å². The van der Waals surface area contributed by atoms with Crippen molar-refractivity contribution in [3.05, 3.63) is 5.82 Å². The second-order valence-electron chi connectivity index (χ2n) is 3.83. The van der Waals surface area contributed by atoms with Crippen LogP contribution in [-0.4, -0.2) is 43.1 Å². The Morgan fingerprint density at radius 3 is 2.56 bits per heavy atom. The zero-order chi connectivity index (χ0) is 13.9. The van der Waals surface area contributed by atoms with Crippen molar-refractivity contribution in [1.82, 2.24) is 9.36 Å². The first kappa shape index (κ1) is 14.3. The summed E-state index contributed by atoms with van der Waals surface area (Å²) in [4.78, 5) is 19.7. The van der Waals surface area contributed by atoms with Gasteiger partial charge in [-0.3, -0.25) is 4.79 Å². The second kappa shape index (κ2) is 5.25. The first-order valence-electron chi connectivity index (χ1n) is 4.75. The number of rotatable bonds is 5. The van der Waals surface area contributed by atoms with Crippen molar-refractivity contribution in [3.63, 3.8) is 0 Å². The fraction of sp³-hybridized carbons (Fsp3) is 0.500. The minimum absolute atomic E-state index is 0.0757. The van der Waals surface area contributed by atoms with Crippen molar-refractivity contribution in [2.45, 2.75) is 25.7 Å². The smallest absolute Gasteiger partial charge is 0.274 e. The van der Waals surface area contributed by atoms with Gasteiger partial charge in [0.2, 0.25) is 11.5 Å². The average molecular weight is 275 g/mol. The molecule has 1 heterocycles. The normalized spacial score (nSPS) is 12.8. The van der Waals surface area contributed by atoms with Crippen molar-refractivity contribution in [2.24, 2.45) is 10.9 Å². The molecule has 0 atom stereocenters. The molecular formula is C8H13N5O4S. The number of oxime groups is 1. The van der Waals surface area contributed by atoms with E-state index in [4.69, 9.17) is 26.5 Å². The van der Waals surface area contributed by atoms with E-state index < -0.39 is 17.8 Å². The summed E-state index contributed by atoms with van der Waals surface area (Å²) in [6, 6.07) is 0. The summed E-state index contributed by atoms with van der Waals surface area (Å²) in [6.07, 6.45) is -1.79. The van der Waals surface area contributed by atoms with E-state index >= 15 is 0 Å². The summed E-state index contributed by atoms with van der Waals surface area (Å²) < 4.78 is 3.75. The molecule has 0 aliphatic carbocycles. The summed E-state index contributed by atoms with van der Waals surface area (Å²) >= 11 is 0.864. The Kier molecular flexibility index (Phi) is 4.16. The Labute approximate surface area is 106 Å². The third-order valence-corrected chi connectivity index (χ3v) is 2.42. The van der Waals surface area contributed by atoms with Gasteiger partial charge in [-0.2, -0.15) is 9.36 Å². The maximum Gasteiger partial charge on any atom is 0.274 e. The topological polar surface area (TPSA) is 157 Å². The van der Waals surface area contributed by atoms with Crippen LogP contribution in [0.4, 0.5) is 5.13 Å². The van der Waals surface area contributed by atoms with E-state index in [2.05, 4.69) is 14.5 Å². The maximum atomic E-state index is 11.2. The van der Waals surface area contributed by atoms with E-state index in [0.717, 1.165) is 11.5 Å². The van der Waals surface area contributed by atoms with Gasteiger partial charge in [-0.05, 0) is 13.8 Å². The SMILES string of the molecule is CC(C)(O/N=C(\C(N)=O)c1nsc(N)n1)C(O)O. The van der Waals surface area contributed by atoms with Crippen molar-refractivity contribution in [2.75, 3.05) is 5.73 Å². The van der Waals surface area contributed by atoms with Gasteiger partial charge in [-0.15, -0.1) is 0 Å². The van der Waals surface area contributed by atoms with Gasteiger partial charge >= 0.3 is 0 Å². The third kappa shape index (κ3) is 3.35. The lowest BCUT2D eigenvalue weighted by atomic mass is 10.1. The number of nitrogens with two attached hydrogens (primary N) is 2. The zero-order valence-electron chi connectivity index (χ0n) is 9.69. The number of aromatic nitrogens is 2. The Bertz CT molecular complexity index is 470. The molecule has 0 aliphatic rings. The Balaban J connectivity index is 2.97. The lowest BCUT2D eigenvalue weighted by Crippen LogP contribution is -2.38. The molecule has 0 aliphatic heterocycles. The molecule has 1 aromatic heterocycles. The fourth-order valence-corrected chi connectivity index (χ4v) is 1.17. The van der Waals surface area contributed by atoms with Crippen molar-refractivity contribution < 1.29 is 19.8 Å². The zero-order valence-corrected chi connectivity index (χ0v) is 10.5. The van der Waals surface area contributed by atoms with Crippen molar-refractivity contribution in [3.8, 4) is 0 Å². The summed E-state index contributed by atoms with van der Waals surface area (Å²) in [7, 11) is 0. The maximum absolute atomic E-state index is 11.2. The molecule has 0 saturated carbocycles. The minimum atomic E-state index is -1.79. The molecule has 1 amide bonds. The molecule has 0 unspecified atom stereocenters. The molecule has 10 heteroatoms. The monoisotopic (exact) mass is 275 g/mol. The minimum Gasteiger partial charge on any atom is -0.384 e. The number of amides is 1. The van der Waals surface area contributed by atoms with Crippen molar-refractivity contribution in [1.29, 1.82) is 0 Å². The number of primary amides is 1. The molecule has 100 valence electrons. The summed E-state index contributed by atoms with van der Waals surface area (Å²) in [6.45, 7) is 2.73. The number of aliphatic hydroxyl groups excluding tert-OH is 1. The third-order valence-electron chi connectivity index (χ3n) is 1.88. The van der Waals surface area contributed by atoms with Crippen LogP contribution in [-0.2, 0) is 9.63 Å². The van der Waals surface area contributed by atoms with Gasteiger partial charge in [0.1, 0.15) is 0 Å².